The lowest BCUT2D eigenvalue weighted by atomic mass is 9.85. The highest BCUT2D eigenvalue weighted by Gasteiger charge is 2.14. The molecule has 0 spiro atoms. The Morgan fingerprint density at radius 3 is 2.57 bits per heavy atom. The van der Waals surface area contributed by atoms with Gasteiger partial charge in [-0.1, -0.05) is 19.1 Å². The van der Waals surface area contributed by atoms with Gasteiger partial charge in [0.1, 0.15) is 0 Å². The molecular weight excluding hydrogens is 172 g/mol. The van der Waals surface area contributed by atoms with E-state index in [1.807, 2.05) is 6.08 Å². The Morgan fingerprint density at radius 1 is 1.14 bits per heavy atom. The fourth-order valence-electron chi connectivity index (χ4n) is 2.15. The van der Waals surface area contributed by atoms with Crippen LogP contribution < -0.4 is 0 Å². The smallest absolute Gasteiger partial charge is 0.0926 e. The molecule has 0 aliphatic heterocycles. The Hall–Kier alpha value is -0.980. The van der Waals surface area contributed by atoms with Crippen LogP contribution in [0.15, 0.2) is 35.1 Å². The van der Waals surface area contributed by atoms with E-state index in [0.29, 0.717) is 5.76 Å². The van der Waals surface area contributed by atoms with Gasteiger partial charge in [-0.2, -0.15) is 0 Å². The zero-order valence-corrected chi connectivity index (χ0v) is 8.79. The fraction of sp³-hybridized carbons (Fsp3) is 0.538. The zero-order chi connectivity index (χ0) is 9.97. The van der Waals surface area contributed by atoms with Crippen LogP contribution in [0.2, 0.25) is 0 Å². The van der Waals surface area contributed by atoms with E-state index in [1.54, 1.807) is 0 Å². The Balaban J connectivity index is 2.09. The molecular formula is C13H18O. The van der Waals surface area contributed by atoms with Gasteiger partial charge in [-0.05, 0) is 48.8 Å². The summed E-state index contributed by atoms with van der Waals surface area (Å²) >= 11 is 0. The topological polar surface area (TPSA) is 20.2 Å². The van der Waals surface area contributed by atoms with Crippen LogP contribution in [0.5, 0.6) is 0 Å². The van der Waals surface area contributed by atoms with Crippen LogP contribution in [0.4, 0.5) is 0 Å². The van der Waals surface area contributed by atoms with E-state index in [2.05, 4.69) is 19.1 Å². The van der Waals surface area contributed by atoms with Gasteiger partial charge in [-0.3, -0.25) is 0 Å². The molecule has 2 aliphatic rings. The normalized spacial score (nSPS) is 27.8. The standard InChI is InChI=1S/C13H18O/c1-10-2-4-11(5-3-10)12-6-8-13(14)9-7-12/h4,6,8,10,14H,2-3,5,7,9H2,1H3. The molecule has 2 rings (SSSR count). The van der Waals surface area contributed by atoms with Crippen LogP contribution in [0.25, 0.3) is 0 Å². The summed E-state index contributed by atoms with van der Waals surface area (Å²) in [6.07, 6.45) is 11.9. The fourth-order valence-corrected chi connectivity index (χ4v) is 2.15. The van der Waals surface area contributed by atoms with E-state index >= 15 is 0 Å². The van der Waals surface area contributed by atoms with Crippen molar-refractivity contribution >= 4 is 0 Å². The summed E-state index contributed by atoms with van der Waals surface area (Å²) < 4.78 is 0. The second-order valence-corrected chi connectivity index (χ2v) is 4.46. The van der Waals surface area contributed by atoms with Gasteiger partial charge in [0.15, 0.2) is 0 Å². The van der Waals surface area contributed by atoms with Crippen molar-refractivity contribution in [2.45, 2.75) is 39.0 Å². The van der Waals surface area contributed by atoms with E-state index in [1.165, 1.54) is 30.4 Å². The third-order valence-electron chi connectivity index (χ3n) is 3.21. The molecule has 2 aliphatic carbocycles. The third-order valence-corrected chi connectivity index (χ3v) is 3.21. The van der Waals surface area contributed by atoms with Crippen LogP contribution in [0.3, 0.4) is 0 Å². The Bertz CT molecular complexity index is 307. The Morgan fingerprint density at radius 2 is 2.00 bits per heavy atom. The van der Waals surface area contributed by atoms with Gasteiger partial charge >= 0.3 is 0 Å². The van der Waals surface area contributed by atoms with Crippen molar-refractivity contribution in [2.24, 2.45) is 5.92 Å². The molecule has 1 N–H and O–H groups in total. The van der Waals surface area contributed by atoms with Gasteiger partial charge in [-0.15, -0.1) is 0 Å². The Kier molecular flexibility index (Phi) is 2.76. The third kappa shape index (κ3) is 2.09. The van der Waals surface area contributed by atoms with Crippen molar-refractivity contribution in [1.82, 2.24) is 0 Å². The molecule has 0 saturated heterocycles. The molecule has 1 unspecified atom stereocenters. The minimum Gasteiger partial charge on any atom is -0.512 e. The lowest BCUT2D eigenvalue weighted by Crippen LogP contribution is -2.05. The second kappa shape index (κ2) is 4.04. The molecule has 1 atom stereocenters. The number of allylic oxidation sites excluding steroid dienone is 6. The van der Waals surface area contributed by atoms with Crippen LogP contribution >= 0.6 is 0 Å². The van der Waals surface area contributed by atoms with Gasteiger partial charge < -0.3 is 5.11 Å². The highest BCUT2D eigenvalue weighted by atomic mass is 16.3. The predicted molar refractivity (Wildman–Crippen MR) is 59.1 cm³/mol. The first-order valence-corrected chi connectivity index (χ1v) is 5.54. The summed E-state index contributed by atoms with van der Waals surface area (Å²) in [6.45, 7) is 2.31. The first kappa shape index (κ1) is 9.57. The number of aliphatic hydroxyl groups is 1. The maximum absolute atomic E-state index is 9.26. The summed E-state index contributed by atoms with van der Waals surface area (Å²) in [7, 11) is 0. The van der Waals surface area contributed by atoms with Gasteiger partial charge in [0, 0.05) is 6.42 Å². The number of aliphatic hydroxyl groups excluding tert-OH is 1. The van der Waals surface area contributed by atoms with Gasteiger partial charge in [-0.25, -0.2) is 0 Å². The molecule has 1 heteroatoms. The van der Waals surface area contributed by atoms with Crippen molar-refractivity contribution in [1.29, 1.82) is 0 Å². The molecule has 0 fully saturated rings. The molecule has 14 heavy (non-hydrogen) atoms. The molecule has 0 aromatic carbocycles. The van der Waals surface area contributed by atoms with E-state index in [9.17, 15) is 5.11 Å². The molecule has 76 valence electrons. The number of hydrogen-bond acceptors (Lipinski definition) is 1. The van der Waals surface area contributed by atoms with Crippen molar-refractivity contribution in [3.63, 3.8) is 0 Å². The van der Waals surface area contributed by atoms with Gasteiger partial charge in [0.25, 0.3) is 0 Å². The van der Waals surface area contributed by atoms with Crippen LogP contribution in [0.1, 0.15) is 39.0 Å². The van der Waals surface area contributed by atoms with Crippen molar-refractivity contribution < 1.29 is 5.11 Å². The Labute approximate surface area is 85.8 Å². The maximum Gasteiger partial charge on any atom is 0.0926 e. The molecule has 0 heterocycles. The number of rotatable bonds is 1. The summed E-state index contributed by atoms with van der Waals surface area (Å²) in [5.41, 5.74) is 2.96. The molecule has 0 aromatic rings. The highest BCUT2D eigenvalue weighted by Crippen LogP contribution is 2.31. The number of hydrogen-bond donors (Lipinski definition) is 1. The SMILES string of the molecule is CC1CC=C(C2=CC=C(O)CC2)CC1. The lowest BCUT2D eigenvalue weighted by Gasteiger charge is -2.21. The largest absolute Gasteiger partial charge is 0.512 e. The summed E-state index contributed by atoms with van der Waals surface area (Å²) in [4.78, 5) is 0. The summed E-state index contributed by atoms with van der Waals surface area (Å²) in [5, 5.41) is 9.26. The van der Waals surface area contributed by atoms with Crippen LogP contribution in [-0.2, 0) is 0 Å². The van der Waals surface area contributed by atoms with Crippen LogP contribution in [-0.4, -0.2) is 5.11 Å². The molecule has 1 nitrogen and oxygen atoms in total. The summed E-state index contributed by atoms with van der Waals surface area (Å²) in [6, 6.07) is 0. The highest BCUT2D eigenvalue weighted by molar-refractivity contribution is 5.37. The molecule has 0 amide bonds. The van der Waals surface area contributed by atoms with Crippen molar-refractivity contribution in [3.05, 3.63) is 35.1 Å². The molecule has 0 radical (unpaired) electrons. The first-order valence-electron chi connectivity index (χ1n) is 5.54. The van der Waals surface area contributed by atoms with E-state index in [-0.39, 0.29) is 0 Å². The average Bonchev–Trinajstić information content (AvgIpc) is 2.21. The van der Waals surface area contributed by atoms with E-state index in [4.69, 9.17) is 0 Å². The quantitative estimate of drug-likeness (QED) is 0.665. The monoisotopic (exact) mass is 190 g/mol. The van der Waals surface area contributed by atoms with Gasteiger partial charge in [0.2, 0.25) is 0 Å². The van der Waals surface area contributed by atoms with E-state index < -0.39 is 0 Å². The molecule has 0 saturated carbocycles. The molecule has 0 bridgehead atoms. The van der Waals surface area contributed by atoms with E-state index in [0.717, 1.165) is 18.8 Å². The lowest BCUT2D eigenvalue weighted by molar-refractivity contribution is 0.385. The van der Waals surface area contributed by atoms with Crippen molar-refractivity contribution in [3.8, 4) is 0 Å². The van der Waals surface area contributed by atoms with Gasteiger partial charge in [0.05, 0.1) is 5.76 Å². The minimum atomic E-state index is 0.526. The van der Waals surface area contributed by atoms with Crippen molar-refractivity contribution in [2.75, 3.05) is 0 Å². The first-order chi connectivity index (χ1) is 6.75. The van der Waals surface area contributed by atoms with Crippen LogP contribution in [0, 0.1) is 5.92 Å². The predicted octanol–water partition coefficient (Wildman–Crippen LogP) is 3.89. The zero-order valence-electron chi connectivity index (χ0n) is 8.79. The average molecular weight is 190 g/mol. The second-order valence-electron chi connectivity index (χ2n) is 4.46. The molecule has 0 aromatic heterocycles. The minimum absolute atomic E-state index is 0.526. The maximum atomic E-state index is 9.26. The summed E-state index contributed by atoms with van der Waals surface area (Å²) in [5.74, 6) is 1.38.